The Morgan fingerprint density at radius 1 is 1.22 bits per heavy atom. The lowest BCUT2D eigenvalue weighted by Crippen LogP contribution is -2.39. The fourth-order valence-corrected chi connectivity index (χ4v) is 5.63. The van der Waals surface area contributed by atoms with Gasteiger partial charge in [-0.3, -0.25) is 19.1 Å². The standard InChI is InChI=1S/C24H32N4O2S2/c1-5-7-8-11-28-23(30)20(32-24(28)31)14-18-17(4)19(15-25)22(29)27(6-2)21(18)26-12-9-16(3)10-13-26/h14,16H,5-13H2,1-4H3. The van der Waals surface area contributed by atoms with Gasteiger partial charge in [0.25, 0.3) is 11.5 Å². The maximum Gasteiger partial charge on any atom is 0.270 e. The lowest BCUT2D eigenvalue weighted by atomic mass is 9.97. The Kier molecular flexibility index (Phi) is 8.18. The summed E-state index contributed by atoms with van der Waals surface area (Å²) in [4.78, 5) is 30.7. The first-order valence-corrected chi connectivity index (χ1v) is 12.7. The molecule has 2 fully saturated rings. The second-order valence-corrected chi connectivity index (χ2v) is 10.3. The zero-order chi connectivity index (χ0) is 23.4. The topological polar surface area (TPSA) is 69.3 Å². The SMILES string of the molecule is CCCCCN1C(=O)C(=Cc2c(C)c(C#N)c(=O)n(CC)c2N2CCC(C)CC2)SC1=S. The van der Waals surface area contributed by atoms with E-state index in [2.05, 4.69) is 24.8 Å². The molecule has 3 rings (SSSR count). The molecular weight excluding hydrogens is 440 g/mol. The normalized spacial score (nSPS) is 18.7. The van der Waals surface area contributed by atoms with Crippen LogP contribution in [0, 0.1) is 24.2 Å². The van der Waals surface area contributed by atoms with E-state index in [1.165, 1.54) is 11.8 Å². The summed E-state index contributed by atoms with van der Waals surface area (Å²) in [5, 5.41) is 9.70. The number of carbonyl (C=O) groups excluding carboxylic acids is 1. The van der Waals surface area contributed by atoms with Gasteiger partial charge in [0, 0.05) is 31.7 Å². The fourth-order valence-electron chi connectivity index (χ4n) is 4.34. The summed E-state index contributed by atoms with van der Waals surface area (Å²) in [6.07, 6.45) is 7.02. The van der Waals surface area contributed by atoms with Crippen molar-refractivity contribution in [3.63, 3.8) is 0 Å². The van der Waals surface area contributed by atoms with Crippen LogP contribution in [0.25, 0.3) is 6.08 Å². The minimum absolute atomic E-state index is 0.0820. The van der Waals surface area contributed by atoms with E-state index in [1.54, 1.807) is 9.47 Å². The number of thioether (sulfide) groups is 1. The van der Waals surface area contributed by atoms with E-state index in [4.69, 9.17) is 12.2 Å². The molecular formula is C24H32N4O2S2. The van der Waals surface area contributed by atoms with Crippen molar-refractivity contribution in [1.82, 2.24) is 9.47 Å². The molecule has 1 amide bonds. The number of nitriles is 1. The van der Waals surface area contributed by atoms with E-state index in [0.717, 1.165) is 56.6 Å². The number of thiocarbonyl (C=S) groups is 1. The van der Waals surface area contributed by atoms with Gasteiger partial charge < -0.3 is 4.90 Å². The number of amides is 1. The number of unbranched alkanes of at least 4 members (excludes halogenated alkanes) is 2. The highest BCUT2D eigenvalue weighted by molar-refractivity contribution is 8.26. The molecule has 2 aliphatic heterocycles. The van der Waals surface area contributed by atoms with E-state index in [0.29, 0.717) is 33.8 Å². The van der Waals surface area contributed by atoms with Crippen molar-refractivity contribution in [2.75, 3.05) is 24.5 Å². The number of nitrogens with zero attached hydrogens (tertiary/aromatic N) is 4. The third-order valence-electron chi connectivity index (χ3n) is 6.38. The molecule has 0 atom stereocenters. The maximum absolute atomic E-state index is 13.1. The second kappa shape index (κ2) is 10.7. The first-order valence-electron chi connectivity index (χ1n) is 11.5. The van der Waals surface area contributed by atoms with Gasteiger partial charge in [0.2, 0.25) is 0 Å². The Balaban J connectivity index is 2.11. The summed E-state index contributed by atoms with van der Waals surface area (Å²) in [5.41, 5.74) is 1.30. The van der Waals surface area contributed by atoms with Gasteiger partial charge in [-0.15, -0.1) is 0 Å². The largest absolute Gasteiger partial charge is 0.357 e. The number of hydrogen-bond acceptors (Lipinski definition) is 6. The molecule has 1 aromatic rings. The van der Waals surface area contributed by atoms with E-state index >= 15 is 0 Å². The van der Waals surface area contributed by atoms with Gasteiger partial charge in [0.05, 0.1) is 4.91 Å². The molecule has 2 saturated heterocycles. The molecule has 3 heterocycles. The fraction of sp³-hybridized carbons (Fsp3) is 0.583. The summed E-state index contributed by atoms with van der Waals surface area (Å²) in [5.74, 6) is 1.38. The zero-order valence-electron chi connectivity index (χ0n) is 19.4. The van der Waals surface area contributed by atoms with Crippen molar-refractivity contribution in [3.05, 3.63) is 31.9 Å². The summed E-state index contributed by atoms with van der Waals surface area (Å²) >= 11 is 6.80. The van der Waals surface area contributed by atoms with Crippen molar-refractivity contribution in [1.29, 1.82) is 5.26 Å². The quantitative estimate of drug-likeness (QED) is 0.326. The van der Waals surface area contributed by atoms with Gasteiger partial charge in [-0.25, -0.2) is 0 Å². The van der Waals surface area contributed by atoms with Crippen molar-refractivity contribution in [2.45, 2.75) is 66.3 Å². The van der Waals surface area contributed by atoms with Crippen LogP contribution in [0.15, 0.2) is 9.70 Å². The molecule has 0 aliphatic carbocycles. The molecule has 0 saturated carbocycles. The van der Waals surface area contributed by atoms with Gasteiger partial charge in [-0.2, -0.15) is 5.26 Å². The number of hydrogen-bond donors (Lipinski definition) is 0. The summed E-state index contributed by atoms with van der Waals surface area (Å²) < 4.78 is 2.27. The Hall–Kier alpha value is -2.11. The third-order valence-corrected chi connectivity index (χ3v) is 7.76. The van der Waals surface area contributed by atoms with Gasteiger partial charge in [-0.05, 0) is 50.7 Å². The number of carbonyl (C=O) groups is 1. The molecule has 8 heteroatoms. The molecule has 32 heavy (non-hydrogen) atoms. The van der Waals surface area contributed by atoms with E-state index < -0.39 is 0 Å². The van der Waals surface area contributed by atoms with Crippen molar-refractivity contribution >= 4 is 46.1 Å². The lowest BCUT2D eigenvalue weighted by Gasteiger charge is -2.35. The highest BCUT2D eigenvalue weighted by atomic mass is 32.2. The highest BCUT2D eigenvalue weighted by Gasteiger charge is 2.33. The molecule has 0 unspecified atom stereocenters. The van der Waals surface area contributed by atoms with Crippen LogP contribution in [-0.2, 0) is 11.3 Å². The van der Waals surface area contributed by atoms with Gasteiger partial charge in [0.1, 0.15) is 21.8 Å². The molecule has 172 valence electrons. The smallest absolute Gasteiger partial charge is 0.270 e. The highest BCUT2D eigenvalue weighted by Crippen LogP contribution is 2.36. The minimum Gasteiger partial charge on any atom is -0.357 e. The Morgan fingerprint density at radius 3 is 2.50 bits per heavy atom. The number of piperidine rings is 1. The average molecular weight is 473 g/mol. The number of pyridine rings is 1. The van der Waals surface area contributed by atoms with Crippen LogP contribution in [0.3, 0.4) is 0 Å². The first-order chi connectivity index (χ1) is 15.3. The summed E-state index contributed by atoms with van der Waals surface area (Å²) in [7, 11) is 0. The van der Waals surface area contributed by atoms with Gasteiger partial charge in [0.15, 0.2) is 0 Å². The Bertz CT molecular complexity index is 1030. The predicted molar refractivity (Wildman–Crippen MR) is 136 cm³/mol. The average Bonchev–Trinajstić information content (AvgIpc) is 3.04. The Morgan fingerprint density at radius 2 is 1.91 bits per heavy atom. The van der Waals surface area contributed by atoms with Crippen LogP contribution in [0.5, 0.6) is 0 Å². The van der Waals surface area contributed by atoms with Crippen LogP contribution < -0.4 is 10.5 Å². The predicted octanol–water partition coefficient (Wildman–Crippen LogP) is 4.68. The molecule has 0 radical (unpaired) electrons. The number of anilines is 1. The lowest BCUT2D eigenvalue weighted by molar-refractivity contribution is -0.122. The zero-order valence-corrected chi connectivity index (χ0v) is 21.1. The number of rotatable bonds is 7. The molecule has 2 aliphatic rings. The maximum atomic E-state index is 13.1. The summed E-state index contributed by atoms with van der Waals surface area (Å²) in [6.45, 7) is 10.9. The minimum atomic E-state index is -0.259. The van der Waals surface area contributed by atoms with Crippen LogP contribution in [-0.4, -0.2) is 39.3 Å². The first kappa shape index (κ1) is 24.5. The Labute approximate surface area is 200 Å². The second-order valence-electron chi connectivity index (χ2n) is 8.61. The van der Waals surface area contributed by atoms with Crippen LogP contribution in [0.4, 0.5) is 5.82 Å². The van der Waals surface area contributed by atoms with Gasteiger partial charge >= 0.3 is 0 Å². The molecule has 0 bridgehead atoms. The van der Waals surface area contributed by atoms with Crippen LogP contribution in [0.1, 0.15) is 69.6 Å². The number of aromatic nitrogens is 1. The van der Waals surface area contributed by atoms with Crippen LogP contribution in [0.2, 0.25) is 0 Å². The van der Waals surface area contributed by atoms with Crippen molar-refractivity contribution in [3.8, 4) is 6.07 Å². The molecule has 0 N–H and O–H groups in total. The van der Waals surface area contributed by atoms with Crippen molar-refractivity contribution < 1.29 is 4.79 Å². The molecule has 1 aromatic heterocycles. The van der Waals surface area contributed by atoms with E-state index in [1.807, 2.05) is 19.9 Å². The van der Waals surface area contributed by atoms with Crippen LogP contribution >= 0.6 is 24.0 Å². The summed E-state index contributed by atoms with van der Waals surface area (Å²) in [6, 6.07) is 2.09. The molecule has 6 nitrogen and oxygen atoms in total. The van der Waals surface area contributed by atoms with Crippen molar-refractivity contribution in [2.24, 2.45) is 5.92 Å². The van der Waals surface area contributed by atoms with E-state index in [-0.39, 0.29) is 17.0 Å². The van der Waals surface area contributed by atoms with Gasteiger partial charge in [-0.1, -0.05) is 50.7 Å². The molecule has 0 spiro atoms. The third kappa shape index (κ3) is 4.79. The van der Waals surface area contributed by atoms with E-state index in [9.17, 15) is 14.9 Å². The monoisotopic (exact) mass is 472 g/mol. The molecule has 0 aromatic carbocycles.